The summed E-state index contributed by atoms with van der Waals surface area (Å²) in [4.78, 5) is 20.3. The van der Waals surface area contributed by atoms with Gasteiger partial charge in [0.25, 0.3) is 0 Å². The number of methoxy groups -OCH3 is 1. The molecule has 1 aromatic heterocycles. The first-order chi connectivity index (χ1) is 9.65. The van der Waals surface area contributed by atoms with Crippen LogP contribution >= 0.6 is 11.6 Å². The molecule has 3 rings (SSSR count). The van der Waals surface area contributed by atoms with Gasteiger partial charge in [-0.1, -0.05) is 11.6 Å². The minimum absolute atomic E-state index is 0.00212. The Hall–Kier alpha value is -1.36. The van der Waals surface area contributed by atoms with E-state index in [1.54, 1.807) is 6.07 Å². The molecule has 2 saturated carbocycles. The fourth-order valence-electron chi connectivity index (χ4n) is 2.74. The van der Waals surface area contributed by atoms with E-state index in [0.29, 0.717) is 11.1 Å². The number of nitrogens with zero attached hydrogens (tertiary/aromatic N) is 2. The molecule has 6 heteroatoms. The van der Waals surface area contributed by atoms with Gasteiger partial charge in [0.2, 0.25) is 0 Å². The van der Waals surface area contributed by atoms with Crippen molar-refractivity contribution in [2.24, 2.45) is 5.92 Å². The van der Waals surface area contributed by atoms with Gasteiger partial charge in [-0.25, -0.2) is 9.97 Å². The summed E-state index contributed by atoms with van der Waals surface area (Å²) < 4.78 is 4.80. The summed E-state index contributed by atoms with van der Waals surface area (Å²) in [7, 11) is 1.44. The highest BCUT2D eigenvalue weighted by molar-refractivity contribution is 6.29. The molecule has 2 aliphatic carbocycles. The quantitative estimate of drug-likeness (QED) is 0.683. The zero-order valence-corrected chi connectivity index (χ0v) is 12.2. The summed E-state index contributed by atoms with van der Waals surface area (Å²) in [5, 5.41) is 3.85. The molecule has 0 aliphatic heterocycles. The summed E-state index contributed by atoms with van der Waals surface area (Å²) in [5.74, 6) is 1.96. The molecule has 5 nitrogen and oxygen atoms in total. The molecular weight excluding hydrogens is 278 g/mol. The minimum atomic E-state index is -0.117. The SMILES string of the molecule is COC(=O)[C@H]1CC[C@@H](Nc2cc(Cl)nc(C3CC3)n2)C1. The Bertz CT molecular complexity index is 519. The first-order valence-corrected chi connectivity index (χ1v) is 7.42. The third-order valence-electron chi connectivity index (χ3n) is 3.97. The molecule has 2 atom stereocenters. The van der Waals surface area contributed by atoms with Crippen LogP contribution in [0.4, 0.5) is 5.82 Å². The van der Waals surface area contributed by atoms with Gasteiger partial charge in [-0.15, -0.1) is 0 Å². The number of rotatable bonds is 4. The van der Waals surface area contributed by atoms with Gasteiger partial charge in [0, 0.05) is 18.0 Å². The first kappa shape index (κ1) is 13.6. The predicted molar refractivity (Wildman–Crippen MR) is 75.8 cm³/mol. The highest BCUT2D eigenvalue weighted by atomic mass is 35.5. The molecule has 1 aromatic rings. The van der Waals surface area contributed by atoms with E-state index in [9.17, 15) is 4.79 Å². The molecule has 1 heterocycles. The third-order valence-corrected chi connectivity index (χ3v) is 4.17. The van der Waals surface area contributed by atoms with E-state index < -0.39 is 0 Å². The monoisotopic (exact) mass is 295 g/mol. The summed E-state index contributed by atoms with van der Waals surface area (Å²) in [6.07, 6.45) is 4.88. The Morgan fingerprint density at radius 1 is 1.35 bits per heavy atom. The van der Waals surface area contributed by atoms with Crippen molar-refractivity contribution in [3.05, 3.63) is 17.0 Å². The fraction of sp³-hybridized carbons (Fsp3) is 0.643. The van der Waals surface area contributed by atoms with Crippen LogP contribution in [0.3, 0.4) is 0 Å². The van der Waals surface area contributed by atoms with E-state index >= 15 is 0 Å². The number of hydrogen-bond acceptors (Lipinski definition) is 5. The van der Waals surface area contributed by atoms with Crippen molar-refractivity contribution < 1.29 is 9.53 Å². The van der Waals surface area contributed by atoms with Gasteiger partial charge in [-0.3, -0.25) is 4.79 Å². The van der Waals surface area contributed by atoms with Crippen molar-refractivity contribution in [2.75, 3.05) is 12.4 Å². The van der Waals surface area contributed by atoms with Crippen molar-refractivity contribution in [1.29, 1.82) is 0 Å². The van der Waals surface area contributed by atoms with Gasteiger partial charge in [0.1, 0.15) is 16.8 Å². The van der Waals surface area contributed by atoms with Crippen LogP contribution in [-0.2, 0) is 9.53 Å². The summed E-state index contributed by atoms with van der Waals surface area (Å²) in [5.41, 5.74) is 0. The zero-order valence-electron chi connectivity index (χ0n) is 11.4. The number of ether oxygens (including phenoxy) is 1. The minimum Gasteiger partial charge on any atom is -0.469 e. The summed E-state index contributed by atoms with van der Waals surface area (Å²) in [6, 6.07) is 2.00. The second-order valence-corrected chi connectivity index (χ2v) is 5.97. The standard InChI is InChI=1S/C14H18ClN3O2/c1-20-14(19)9-4-5-10(6-9)16-12-7-11(15)17-13(18-12)8-2-3-8/h7-10H,2-6H2,1H3,(H,16,17,18)/t9-,10+/m0/s1. The Morgan fingerprint density at radius 2 is 2.15 bits per heavy atom. The Morgan fingerprint density at radius 3 is 2.85 bits per heavy atom. The van der Waals surface area contributed by atoms with Crippen LogP contribution in [0.1, 0.15) is 43.8 Å². The molecule has 2 aliphatic rings. The molecule has 108 valence electrons. The number of halogens is 1. The maximum absolute atomic E-state index is 11.5. The van der Waals surface area contributed by atoms with Gasteiger partial charge in [-0.2, -0.15) is 0 Å². The molecule has 0 radical (unpaired) electrons. The van der Waals surface area contributed by atoms with Crippen LogP contribution in [0, 0.1) is 5.92 Å². The predicted octanol–water partition coefficient (Wildman–Crippen LogP) is 2.76. The zero-order chi connectivity index (χ0) is 14.1. The number of hydrogen-bond donors (Lipinski definition) is 1. The average molecular weight is 296 g/mol. The second-order valence-electron chi connectivity index (χ2n) is 5.58. The maximum Gasteiger partial charge on any atom is 0.308 e. The van der Waals surface area contributed by atoms with Crippen LogP contribution < -0.4 is 5.32 Å². The number of carbonyl (C=O) groups excluding carboxylic acids is 1. The number of esters is 1. The normalized spacial score (nSPS) is 25.5. The van der Waals surface area contributed by atoms with E-state index in [-0.39, 0.29) is 17.9 Å². The highest BCUT2D eigenvalue weighted by Crippen LogP contribution is 2.39. The molecule has 0 bridgehead atoms. The van der Waals surface area contributed by atoms with Crippen molar-refractivity contribution in [1.82, 2.24) is 9.97 Å². The lowest BCUT2D eigenvalue weighted by Crippen LogP contribution is -2.19. The lowest BCUT2D eigenvalue weighted by Gasteiger charge is -2.14. The van der Waals surface area contributed by atoms with Crippen molar-refractivity contribution in [3.63, 3.8) is 0 Å². The van der Waals surface area contributed by atoms with E-state index in [4.69, 9.17) is 16.3 Å². The average Bonchev–Trinajstić information content (AvgIpc) is 3.18. The van der Waals surface area contributed by atoms with Crippen molar-refractivity contribution in [2.45, 2.75) is 44.1 Å². The Balaban J connectivity index is 1.65. The molecule has 20 heavy (non-hydrogen) atoms. The van der Waals surface area contributed by atoms with Crippen LogP contribution in [0.2, 0.25) is 5.15 Å². The van der Waals surface area contributed by atoms with Crippen molar-refractivity contribution in [3.8, 4) is 0 Å². The highest BCUT2D eigenvalue weighted by Gasteiger charge is 2.31. The third kappa shape index (κ3) is 3.03. The Kier molecular flexibility index (Phi) is 3.78. The largest absolute Gasteiger partial charge is 0.469 e. The van der Waals surface area contributed by atoms with Gasteiger partial charge in [-0.05, 0) is 32.1 Å². The van der Waals surface area contributed by atoms with E-state index in [1.165, 1.54) is 7.11 Å². The lowest BCUT2D eigenvalue weighted by molar-refractivity contribution is -0.145. The molecule has 0 amide bonds. The molecule has 1 N–H and O–H groups in total. The van der Waals surface area contributed by atoms with Gasteiger partial charge >= 0.3 is 5.97 Å². The van der Waals surface area contributed by atoms with E-state index in [0.717, 1.165) is 43.7 Å². The molecule has 0 unspecified atom stereocenters. The maximum atomic E-state index is 11.5. The van der Waals surface area contributed by atoms with Crippen molar-refractivity contribution >= 4 is 23.4 Å². The van der Waals surface area contributed by atoms with Gasteiger partial charge in [0.05, 0.1) is 13.0 Å². The number of anilines is 1. The number of aromatic nitrogens is 2. The summed E-state index contributed by atoms with van der Waals surface area (Å²) >= 11 is 6.04. The smallest absolute Gasteiger partial charge is 0.308 e. The topological polar surface area (TPSA) is 64.1 Å². The second kappa shape index (κ2) is 5.56. The van der Waals surface area contributed by atoms with Crippen LogP contribution in [0.5, 0.6) is 0 Å². The van der Waals surface area contributed by atoms with Crippen LogP contribution in [-0.4, -0.2) is 29.1 Å². The fourth-order valence-corrected chi connectivity index (χ4v) is 2.93. The molecule has 0 spiro atoms. The summed E-state index contributed by atoms with van der Waals surface area (Å²) in [6.45, 7) is 0. The first-order valence-electron chi connectivity index (χ1n) is 7.04. The molecule has 0 aromatic carbocycles. The lowest BCUT2D eigenvalue weighted by atomic mass is 10.1. The molecule has 2 fully saturated rings. The Labute approximate surface area is 123 Å². The van der Waals surface area contributed by atoms with Crippen LogP contribution in [0.25, 0.3) is 0 Å². The number of nitrogens with one attached hydrogen (secondary N) is 1. The molecule has 0 saturated heterocycles. The molecular formula is C14H18ClN3O2. The van der Waals surface area contributed by atoms with E-state index in [1.807, 2.05) is 0 Å². The van der Waals surface area contributed by atoms with Gasteiger partial charge in [0.15, 0.2) is 0 Å². The number of carbonyl (C=O) groups is 1. The van der Waals surface area contributed by atoms with Gasteiger partial charge < -0.3 is 10.1 Å². The van der Waals surface area contributed by atoms with E-state index in [2.05, 4.69) is 15.3 Å². The van der Waals surface area contributed by atoms with Crippen LogP contribution in [0.15, 0.2) is 6.07 Å².